The maximum absolute atomic E-state index is 11.9. The maximum atomic E-state index is 11.9. The van der Waals surface area contributed by atoms with Crippen LogP contribution in [-0.4, -0.2) is 49.1 Å². The van der Waals surface area contributed by atoms with Crippen molar-refractivity contribution in [1.82, 2.24) is 15.5 Å². The van der Waals surface area contributed by atoms with Crippen LogP contribution in [-0.2, 0) is 4.79 Å². The molecule has 0 aliphatic carbocycles. The van der Waals surface area contributed by atoms with Gasteiger partial charge in [-0.3, -0.25) is 4.79 Å². The third-order valence-electron chi connectivity index (χ3n) is 4.22. The van der Waals surface area contributed by atoms with Crippen LogP contribution in [0.3, 0.4) is 0 Å². The lowest BCUT2D eigenvalue weighted by Crippen LogP contribution is -2.46. The number of rotatable bonds is 4. The van der Waals surface area contributed by atoms with Gasteiger partial charge in [-0.25, -0.2) is 0 Å². The Labute approximate surface area is 123 Å². The molecule has 2 fully saturated rings. The fourth-order valence-corrected chi connectivity index (χ4v) is 3.01. The summed E-state index contributed by atoms with van der Waals surface area (Å²) in [5.74, 6) is 0.834. The van der Waals surface area contributed by atoms with E-state index in [0.29, 0.717) is 12.0 Å². The summed E-state index contributed by atoms with van der Waals surface area (Å²) in [6.45, 7) is 8.69. The molecule has 0 aromatic rings. The largest absolute Gasteiger partial charge is 0.354 e. The minimum atomic E-state index is 0. The standard InChI is InChI=1S/C14H27N3O.ClH/c1-11(2)17-8-4-5-12(10-17)9-16-14(18)13-6-3-7-15-13;/h11-13,15H,3-10H2,1-2H3,(H,16,18);1H. The summed E-state index contributed by atoms with van der Waals surface area (Å²) in [4.78, 5) is 14.4. The summed E-state index contributed by atoms with van der Waals surface area (Å²) in [5, 5.41) is 6.37. The zero-order valence-corrected chi connectivity index (χ0v) is 13.0. The fraction of sp³-hybridized carbons (Fsp3) is 0.929. The van der Waals surface area contributed by atoms with Gasteiger partial charge in [0.05, 0.1) is 6.04 Å². The Morgan fingerprint density at radius 1 is 1.37 bits per heavy atom. The monoisotopic (exact) mass is 289 g/mol. The molecule has 0 aromatic carbocycles. The van der Waals surface area contributed by atoms with E-state index in [9.17, 15) is 4.79 Å². The number of carbonyl (C=O) groups is 1. The molecule has 2 rings (SSSR count). The van der Waals surface area contributed by atoms with Crippen molar-refractivity contribution in [1.29, 1.82) is 0 Å². The number of piperidine rings is 1. The topological polar surface area (TPSA) is 44.4 Å². The molecule has 0 spiro atoms. The van der Waals surface area contributed by atoms with Crippen molar-refractivity contribution in [3.8, 4) is 0 Å². The molecule has 2 unspecified atom stereocenters. The van der Waals surface area contributed by atoms with Gasteiger partial charge in [-0.15, -0.1) is 12.4 Å². The summed E-state index contributed by atoms with van der Waals surface area (Å²) < 4.78 is 0. The Bertz CT molecular complexity index is 280. The Hall–Kier alpha value is -0.320. The number of halogens is 1. The summed E-state index contributed by atoms with van der Waals surface area (Å²) in [7, 11) is 0. The minimum absolute atomic E-state index is 0. The summed E-state index contributed by atoms with van der Waals surface area (Å²) >= 11 is 0. The van der Waals surface area contributed by atoms with Crippen LogP contribution in [0.4, 0.5) is 0 Å². The van der Waals surface area contributed by atoms with Gasteiger partial charge in [0.2, 0.25) is 5.91 Å². The Morgan fingerprint density at radius 2 is 2.16 bits per heavy atom. The first-order chi connectivity index (χ1) is 8.66. The average Bonchev–Trinajstić information content (AvgIpc) is 2.90. The third kappa shape index (κ3) is 4.93. The molecule has 4 nitrogen and oxygen atoms in total. The maximum Gasteiger partial charge on any atom is 0.237 e. The molecule has 2 atom stereocenters. The number of likely N-dealkylation sites (tertiary alicyclic amines) is 1. The van der Waals surface area contributed by atoms with E-state index in [1.54, 1.807) is 0 Å². The number of amides is 1. The number of carbonyl (C=O) groups excluding carboxylic acids is 1. The number of nitrogens with one attached hydrogen (secondary N) is 2. The molecule has 19 heavy (non-hydrogen) atoms. The molecule has 2 heterocycles. The van der Waals surface area contributed by atoms with Crippen molar-refractivity contribution < 1.29 is 4.79 Å². The van der Waals surface area contributed by atoms with E-state index >= 15 is 0 Å². The second-order valence-electron chi connectivity index (χ2n) is 5.99. The third-order valence-corrected chi connectivity index (χ3v) is 4.22. The molecule has 0 aromatic heterocycles. The molecule has 0 radical (unpaired) electrons. The predicted molar refractivity (Wildman–Crippen MR) is 80.7 cm³/mol. The van der Waals surface area contributed by atoms with Crippen molar-refractivity contribution in [3.63, 3.8) is 0 Å². The van der Waals surface area contributed by atoms with E-state index in [4.69, 9.17) is 0 Å². The van der Waals surface area contributed by atoms with E-state index in [-0.39, 0.29) is 24.4 Å². The first kappa shape index (κ1) is 16.7. The minimum Gasteiger partial charge on any atom is -0.354 e. The van der Waals surface area contributed by atoms with Crippen LogP contribution < -0.4 is 10.6 Å². The Morgan fingerprint density at radius 3 is 2.79 bits per heavy atom. The molecular formula is C14H28ClN3O. The van der Waals surface area contributed by atoms with Gasteiger partial charge in [-0.1, -0.05) is 0 Å². The normalized spacial score (nSPS) is 28.2. The summed E-state index contributed by atoms with van der Waals surface area (Å²) in [5.41, 5.74) is 0. The quantitative estimate of drug-likeness (QED) is 0.822. The highest BCUT2D eigenvalue weighted by molar-refractivity contribution is 5.85. The van der Waals surface area contributed by atoms with Crippen molar-refractivity contribution in [2.24, 2.45) is 5.92 Å². The van der Waals surface area contributed by atoms with Gasteiger partial charge in [0.15, 0.2) is 0 Å². The second-order valence-corrected chi connectivity index (χ2v) is 5.99. The molecule has 5 heteroatoms. The van der Waals surface area contributed by atoms with Gasteiger partial charge < -0.3 is 15.5 Å². The average molecular weight is 290 g/mol. The van der Waals surface area contributed by atoms with E-state index < -0.39 is 0 Å². The van der Waals surface area contributed by atoms with Gasteiger partial charge in [0.1, 0.15) is 0 Å². The van der Waals surface area contributed by atoms with E-state index in [0.717, 1.165) is 32.5 Å². The van der Waals surface area contributed by atoms with E-state index in [2.05, 4.69) is 29.4 Å². The SMILES string of the molecule is CC(C)N1CCCC(CNC(=O)C2CCCN2)C1.Cl. The first-order valence-electron chi connectivity index (χ1n) is 7.42. The molecule has 0 saturated carbocycles. The van der Waals surface area contributed by atoms with Crippen molar-refractivity contribution in [2.45, 2.75) is 51.6 Å². The summed E-state index contributed by atoms with van der Waals surface area (Å²) in [6.07, 6.45) is 4.64. The lowest BCUT2D eigenvalue weighted by atomic mass is 9.97. The Balaban J connectivity index is 0.00000180. The van der Waals surface area contributed by atoms with Gasteiger partial charge in [-0.05, 0) is 58.5 Å². The molecule has 2 aliphatic heterocycles. The Kier molecular flexibility index (Phi) is 7.11. The first-order valence-corrected chi connectivity index (χ1v) is 7.42. The highest BCUT2D eigenvalue weighted by atomic mass is 35.5. The van der Waals surface area contributed by atoms with Gasteiger partial charge in [0, 0.05) is 19.1 Å². The van der Waals surface area contributed by atoms with Crippen molar-refractivity contribution in [3.05, 3.63) is 0 Å². The lowest BCUT2D eigenvalue weighted by molar-refractivity contribution is -0.123. The second kappa shape index (κ2) is 8.08. The molecule has 112 valence electrons. The molecule has 0 bridgehead atoms. The number of hydrogen-bond acceptors (Lipinski definition) is 3. The molecule has 1 amide bonds. The fourth-order valence-electron chi connectivity index (χ4n) is 3.01. The van der Waals surface area contributed by atoms with Gasteiger partial charge in [0.25, 0.3) is 0 Å². The zero-order chi connectivity index (χ0) is 13.0. The number of nitrogens with zero attached hydrogens (tertiary/aromatic N) is 1. The van der Waals surface area contributed by atoms with Crippen LogP contribution >= 0.6 is 12.4 Å². The molecular weight excluding hydrogens is 262 g/mol. The highest BCUT2D eigenvalue weighted by Gasteiger charge is 2.25. The van der Waals surface area contributed by atoms with E-state index in [1.165, 1.54) is 19.4 Å². The molecule has 2 saturated heterocycles. The van der Waals surface area contributed by atoms with Crippen LogP contribution in [0.2, 0.25) is 0 Å². The predicted octanol–water partition coefficient (Wildman–Crippen LogP) is 1.40. The van der Waals surface area contributed by atoms with Crippen LogP contribution in [0.1, 0.15) is 39.5 Å². The summed E-state index contributed by atoms with van der Waals surface area (Å²) in [6, 6.07) is 0.690. The highest BCUT2D eigenvalue weighted by Crippen LogP contribution is 2.17. The van der Waals surface area contributed by atoms with Gasteiger partial charge in [-0.2, -0.15) is 0 Å². The zero-order valence-electron chi connectivity index (χ0n) is 12.2. The van der Waals surface area contributed by atoms with Crippen LogP contribution in [0.15, 0.2) is 0 Å². The smallest absolute Gasteiger partial charge is 0.237 e. The van der Waals surface area contributed by atoms with Crippen molar-refractivity contribution >= 4 is 18.3 Å². The number of hydrogen-bond donors (Lipinski definition) is 2. The van der Waals surface area contributed by atoms with E-state index in [1.807, 2.05) is 0 Å². The van der Waals surface area contributed by atoms with Crippen LogP contribution in [0, 0.1) is 5.92 Å². The van der Waals surface area contributed by atoms with Crippen molar-refractivity contribution in [2.75, 3.05) is 26.2 Å². The van der Waals surface area contributed by atoms with Crippen LogP contribution in [0.25, 0.3) is 0 Å². The van der Waals surface area contributed by atoms with Gasteiger partial charge >= 0.3 is 0 Å². The molecule has 2 N–H and O–H groups in total. The lowest BCUT2D eigenvalue weighted by Gasteiger charge is -2.35. The molecule has 2 aliphatic rings. The van der Waals surface area contributed by atoms with Crippen LogP contribution in [0.5, 0.6) is 0 Å².